The maximum Gasteiger partial charge on any atom is 0.0965 e. The van der Waals surface area contributed by atoms with E-state index in [0.29, 0.717) is 0 Å². The number of nitrogens with zero attached hydrogens (tertiary/aromatic N) is 1. The molecule has 0 bridgehead atoms. The van der Waals surface area contributed by atoms with E-state index in [4.69, 9.17) is 0 Å². The first kappa shape index (κ1) is 7.95. The van der Waals surface area contributed by atoms with E-state index in [0.717, 1.165) is 24.3 Å². The third kappa shape index (κ3) is 1.73. The minimum absolute atomic E-state index is 0.208. The normalized spacial score (nSPS) is 22.8. The van der Waals surface area contributed by atoms with Crippen LogP contribution >= 0.6 is 11.3 Å². The molecule has 3 heteroatoms. The Balaban J connectivity index is 2.00. The van der Waals surface area contributed by atoms with Gasteiger partial charge in [0.15, 0.2) is 0 Å². The van der Waals surface area contributed by atoms with Crippen molar-refractivity contribution < 1.29 is 5.11 Å². The van der Waals surface area contributed by atoms with Crippen LogP contribution in [0.4, 0.5) is 0 Å². The second kappa shape index (κ2) is 3.37. The number of aliphatic hydroxyl groups excluding tert-OH is 1. The zero-order chi connectivity index (χ0) is 8.39. The third-order valence-corrected chi connectivity index (χ3v) is 2.83. The standard InChI is InChI=1S/C9H11NOS/c11-8-2-1-7(5-8)6-9-10-3-4-12-9/h3-5,8,11H,1-2,6H2. The largest absolute Gasteiger partial charge is 0.389 e. The first-order valence-electron chi connectivity index (χ1n) is 4.10. The minimum Gasteiger partial charge on any atom is -0.389 e. The predicted octanol–water partition coefficient (Wildman–Crippen LogP) is 1.77. The predicted molar refractivity (Wildman–Crippen MR) is 49.1 cm³/mol. The van der Waals surface area contributed by atoms with Gasteiger partial charge in [0, 0.05) is 18.0 Å². The number of aliphatic hydroxyl groups is 1. The second-order valence-corrected chi connectivity index (χ2v) is 4.01. The minimum atomic E-state index is -0.208. The Bertz CT molecular complexity index is 279. The number of rotatable bonds is 2. The molecule has 2 rings (SSSR count). The van der Waals surface area contributed by atoms with Gasteiger partial charge in [-0.15, -0.1) is 11.3 Å². The van der Waals surface area contributed by atoms with Crippen molar-refractivity contribution in [1.29, 1.82) is 0 Å². The Hall–Kier alpha value is -0.670. The van der Waals surface area contributed by atoms with E-state index in [1.165, 1.54) is 5.57 Å². The molecule has 2 nitrogen and oxygen atoms in total. The number of thiazole rings is 1. The van der Waals surface area contributed by atoms with E-state index in [1.807, 2.05) is 17.7 Å². The number of aromatic nitrogens is 1. The molecule has 1 aromatic rings. The van der Waals surface area contributed by atoms with Gasteiger partial charge in [-0.25, -0.2) is 4.98 Å². The molecule has 1 aliphatic carbocycles. The van der Waals surface area contributed by atoms with Crippen molar-refractivity contribution in [2.75, 3.05) is 0 Å². The fourth-order valence-electron chi connectivity index (χ4n) is 1.45. The summed E-state index contributed by atoms with van der Waals surface area (Å²) in [5.41, 5.74) is 1.33. The Kier molecular flexibility index (Phi) is 2.23. The summed E-state index contributed by atoms with van der Waals surface area (Å²) in [6, 6.07) is 0. The zero-order valence-electron chi connectivity index (χ0n) is 6.73. The molecule has 1 atom stereocenters. The summed E-state index contributed by atoms with van der Waals surface area (Å²) in [6.07, 6.45) is 6.42. The molecule has 0 saturated heterocycles. The summed E-state index contributed by atoms with van der Waals surface area (Å²) in [6.45, 7) is 0. The molecule has 64 valence electrons. The van der Waals surface area contributed by atoms with Gasteiger partial charge in [-0.2, -0.15) is 0 Å². The Morgan fingerprint density at radius 1 is 1.67 bits per heavy atom. The fourth-order valence-corrected chi connectivity index (χ4v) is 2.12. The van der Waals surface area contributed by atoms with E-state index in [9.17, 15) is 5.11 Å². The van der Waals surface area contributed by atoms with Crippen molar-refractivity contribution in [3.05, 3.63) is 28.2 Å². The molecular formula is C9H11NOS. The lowest BCUT2D eigenvalue weighted by Crippen LogP contribution is -1.93. The first-order valence-corrected chi connectivity index (χ1v) is 4.98. The van der Waals surface area contributed by atoms with Gasteiger partial charge in [0.25, 0.3) is 0 Å². The first-order chi connectivity index (χ1) is 5.84. The van der Waals surface area contributed by atoms with Crippen LogP contribution in [0.15, 0.2) is 23.2 Å². The molecule has 1 aliphatic rings. The van der Waals surface area contributed by atoms with Crippen molar-refractivity contribution in [2.45, 2.75) is 25.4 Å². The van der Waals surface area contributed by atoms with Gasteiger partial charge in [0.2, 0.25) is 0 Å². The SMILES string of the molecule is OC1C=C(Cc2nccs2)CC1. The Morgan fingerprint density at radius 2 is 2.58 bits per heavy atom. The van der Waals surface area contributed by atoms with Crippen LogP contribution in [0.5, 0.6) is 0 Å². The molecule has 1 N–H and O–H groups in total. The van der Waals surface area contributed by atoms with E-state index in [1.54, 1.807) is 11.3 Å². The van der Waals surface area contributed by atoms with E-state index >= 15 is 0 Å². The molecule has 0 aliphatic heterocycles. The molecule has 1 aromatic heterocycles. The van der Waals surface area contributed by atoms with Crippen LogP contribution in [-0.2, 0) is 6.42 Å². The third-order valence-electron chi connectivity index (χ3n) is 2.05. The van der Waals surface area contributed by atoms with Crippen molar-refractivity contribution in [3.63, 3.8) is 0 Å². The van der Waals surface area contributed by atoms with Gasteiger partial charge in [0.05, 0.1) is 11.1 Å². The average molecular weight is 181 g/mol. The van der Waals surface area contributed by atoms with E-state index < -0.39 is 0 Å². The van der Waals surface area contributed by atoms with Crippen LogP contribution in [0, 0.1) is 0 Å². The Morgan fingerprint density at radius 3 is 3.17 bits per heavy atom. The van der Waals surface area contributed by atoms with Crippen LogP contribution in [0.25, 0.3) is 0 Å². The van der Waals surface area contributed by atoms with Crippen molar-refractivity contribution in [1.82, 2.24) is 4.98 Å². The van der Waals surface area contributed by atoms with Crippen molar-refractivity contribution >= 4 is 11.3 Å². The maximum absolute atomic E-state index is 9.23. The average Bonchev–Trinajstić information content (AvgIpc) is 2.63. The maximum atomic E-state index is 9.23. The van der Waals surface area contributed by atoms with Crippen molar-refractivity contribution in [2.24, 2.45) is 0 Å². The molecule has 1 unspecified atom stereocenters. The molecule has 0 saturated carbocycles. The van der Waals surface area contributed by atoms with Gasteiger partial charge < -0.3 is 5.11 Å². The molecule has 0 fully saturated rings. The highest BCUT2D eigenvalue weighted by Crippen LogP contribution is 2.22. The Labute approximate surface area is 75.6 Å². The van der Waals surface area contributed by atoms with Gasteiger partial charge >= 0.3 is 0 Å². The molecule has 0 amide bonds. The lowest BCUT2D eigenvalue weighted by molar-refractivity contribution is 0.223. The summed E-state index contributed by atoms with van der Waals surface area (Å²) >= 11 is 1.68. The van der Waals surface area contributed by atoms with E-state index in [2.05, 4.69) is 4.98 Å². The van der Waals surface area contributed by atoms with Gasteiger partial charge in [0.1, 0.15) is 0 Å². The number of allylic oxidation sites excluding steroid dienone is 1. The second-order valence-electron chi connectivity index (χ2n) is 3.03. The summed E-state index contributed by atoms with van der Waals surface area (Å²) in [7, 11) is 0. The molecule has 1 heterocycles. The fraction of sp³-hybridized carbons (Fsp3) is 0.444. The van der Waals surface area contributed by atoms with Crippen LogP contribution < -0.4 is 0 Å². The highest BCUT2D eigenvalue weighted by molar-refractivity contribution is 7.09. The lowest BCUT2D eigenvalue weighted by Gasteiger charge is -1.95. The topological polar surface area (TPSA) is 33.1 Å². The highest BCUT2D eigenvalue weighted by atomic mass is 32.1. The zero-order valence-corrected chi connectivity index (χ0v) is 7.55. The van der Waals surface area contributed by atoms with Gasteiger partial charge in [-0.05, 0) is 12.8 Å². The number of hydrogen-bond donors (Lipinski definition) is 1. The van der Waals surface area contributed by atoms with Crippen LogP contribution in [0.1, 0.15) is 17.8 Å². The summed E-state index contributed by atoms with van der Waals surface area (Å²) in [5, 5.41) is 12.4. The quantitative estimate of drug-likeness (QED) is 0.705. The van der Waals surface area contributed by atoms with Crippen LogP contribution in [-0.4, -0.2) is 16.2 Å². The summed E-state index contributed by atoms with van der Waals surface area (Å²) in [5.74, 6) is 0. The van der Waals surface area contributed by atoms with Crippen molar-refractivity contribution in [3.8, 4) is 0 Å². The smallest absolute Gasteiger partial charge is 0.0965 e. The molecule has 0 aromatic carbocycles. The molecule has 12 heavy (non-hydrogen) atoms. The van der Waals surface area contributed by atoms with Crippen LogP contribution in [0.3, 0.4) is 0 Å². The highest BCUT2D eigenvalue weighted by Gasteiger charge is 2.13. The molecule has 0 radical (unpaired) electrons. The monoisotopic (exact) mass is 181 g/mol. The number of hydrogen-bond acceptors (Lipinski definition) is 3. The van der Waals surface area contributed by atoms with Crippen LogP contribution in [0.2, 0.25) is 0 Å². The molecule has 0 spiro atoms. The molecular weight excluding hydrogens is 170 g/mol. The van der Waals surface area contributed by atoms with Gasteiger partial charge in [-0.3, -0.25) is 0 Å². The summed E-state index contributed by atoms with van der Waals surface area (Å²) < 4.78 is 0. The lowest BCUT2D eigenvalue weighted by atomic mass is 10.2. The summed E-state index contributed by atoms with van der Waals surface area (Å²) in [4.78, 5) is 4.20. The van der Waals surface area contributed by atoms with E-state index in [-0.39, 0.29) is 6.10 Å². The van der Waals surface area contributed by atoms with Gasteiger partial charge in [-0.1, -0.05) is 11.6 Å².